The van der Waals surface area contributed by atoms with Crippen LogP contribution in [0.4, 0.5) is 0 Å². The highest BCUT2D eigenvalue weighted by molar-refractivity contribution is 5.93. The van der Waals surface area contributed by atoms with E-state index in [2.05, 4.69) is 26.6 Å². The number of phenols is 1. The van der Waals surface area contributed by atoms with E-state index in [9.17, 15) is 34.5 Å². The highest BCUT2D eigenvalue weighted by Crippen LogP contribution is 2.28. The molecule has 17 nitrogen and oxygen atoms in total. The van der Waals surface area contributed by atoms with Crippen LogP contribution in [0.1, 0.15) is 36.8 Å². The van der Waals surface area contributed by atoms with Gasteiger partial charge in [0.05, 0.1) is 24.3 Å². The zero-order chi connectivity index (χ0) is 38.2. The van der Waals surface area contributed by atoms with Crippen molar-refractivity contribution in [1.82, 2.24) is 26.6 Å². The summed E-state index contributed by atoms with van der Waals surface area (Å²) in [4.78, 5) is 52.3. The number of rotatable bonds is 17. The lowest BCUT2D eigenvalue weighted by molar-refractivity contribution is -0.133. The molecule has 1 aliphatic heterocycles. The van der Waals surface area contributed by atoms with E-state index in [1.165, 1.54) is 6.07 Å². The Kier molecular flexibility index (Phi) is 17.3. The average molecular weight is 729 g/mol. The number of nitrogens with two attached hydrogens (primary N) is 5. The summed E-state index contributed by atoms with van der Waals surface area (Å²) in [5.74, 6) is -2.24. The van der Waals surface area contributed by atoms with Crippen LogP contribution in [0.5, 0.6) is 5.75 Å². The molecule has 1 aliphatic rings. The van der Waals surface area contributed by atoms with Gasteiger partial charge in [-0.05, 0) is 60.2 Å². The topological polar surface area (TPSA) is 319 Å². The zero-order valence-corrected chi connectivity index (χ0v) is 29.4. The molecule has 0 aromatic heterocycles. The van der Waals surface area contributed by atoms with E-state index in [0.29, 0.717) is 37.9 Å². The summed E-state index contributed by atoms with van der Waals surface area (Å²) in [6.45, 7) is 1.14. The number of nitrogens with one attached hydrogen (secondary N) is 5. The van der Waals surface area contributed by atoms with Crippen LogP contribution in [0.25, 0.3) is 11.1 Å². The van der Waals surface area contributed by atoms with Gasteiger partial charge in [-0.25, -0.2) is 0 Å². The molecular weight excluding hydrogens is 672 g/mol. The second-order valence-corrected chi connectivity index (χ2v) is 13.2. The zero-order valence-electron chi connectivity index (χ0n) is 29.4. The number of benzene rings is 2. The first-order valence-electron chi connectivity index (χ1n) is 17.6. The summed E-state index contributed by atoms with van der Waals surface area (Å²) < 4.78 is 0. The van der Waals surface area contributed by atoms with Gasteiger partial charge >= 0.3 is 0 Å². The van der Waals surface area contributed by atoms with Crippen molar-refractivity contribution in [3.63, 3.8) is 0 Å². The predicted octanol–water partition coefficient (Wildman–Crippen LogP) is -3.87. The minimum Gasteiger partial charge on any atom is -0.508 e. The number of phenolic OH excluding ortho intramolecular Hbond substituents is 1. The number of aromatic hydroxyl groups is 1. The Morgan fingerprint density at radius 2 is 1.60 bits per heavy atom. The van der Waals surface area contributed by atoms with E-state index in [1.807, 2.05) is 24.3 Å². The minimum atomic E-state index is -1.25. The van der Waals surface area contributed by atoms with Crippen molar-refractivity contribution in [2.24, 2.45) is 28.7 Å². The lowest BCUT2D eigenvalue weighted by Crippen LogP contribution is -2.57. The smallest absolute Gasteiger partial charge is 0.243 e. The molecule has 0 saturated carbocycles. The summed E-state index contributed by atoms with van der Waals surface area (Å²) in [6, 6.07) is 7.95. The molecular formula is C35H56N10O7. The lowest BCUT2D eigenvalue weighted by Gasteiger charge is -2.25. The van der Waals surface area contributed by atoms with E-state index in [-0.39, 0.29) is 63.1 Å². The van der Waals surface area contributed by atoms with E-state index < -0.39 is 54.1 Å². The molecule has 0 aliphatic carbocycles. The molecule has 0 spiro atoms. The highest BCUT2D eigenvalue weighted by Gasteiger charge is 2.30. The summed E-state index contributed by atoms with van der Waals surface area (Å²) in [7, 11) is 0. The van der Waals surface area contributed by atoms with E-state index in [1.54, 1.807) is 12.1 Å². The Balaban J connectivity index is 1.64. The van der Waals surface area contributed by atoms with Gasteiger partial charge in [-0.2, -0.15) is 0 Å². The SMILES string of the molecule is NCC(O)CNC(=O)[C@@H](N)CCCNC[C@@H](N)CCNC(=O)[C@@H]1Cc2cccc(c2)-c2ccc(O)c(c2)C[C@H](N)C(=O)N[C@@H](C[C@@H](O)CN)C(=O)N1. The predicted molar refractivity (Wildman–Crippen MR) is 196 cm³/mol. The number of hydrogen-bond donors (Lipinski definition) is 13. The second kappa shape index (κ2) is 21.4. The first-order chi connectivity index (χ1) is 24.8. The molecule has 0 fully saturated rings. The fourth-order valence-electron chi connectivity index (χ4n) is 5.64. The monoisotopic (exact) mass is 728 g/mol. The maximum absolute atomic E-state index is 13.6. The molecule has 7 atom stereocenters. The summed E-state index contributed by atoms with van der Waals surface area (Å²) in [5.41, 5.74) is 32.1. The van der Waals surface area contributed by atoms with Gasteiger partial charge in [0.1, 0.15) is 17.8 Å². The van der Waals surface area contributed by atoms with Crippen molar-refractivity contribution in [3.05, 3.63) is 53.6 Å². The van der Waals surface area contributed by atoms with Crippen molar-refractivity contribution in [2.45, 2.75) is 80.9 Å². The fourth-order valence-corrected chi connectivity index (χ4v) is 5.64. The molecule has 3 rings (SSSR count). The van der Waals surface area contributed by atoms with Gasteiger partial charge in [0.25, 0.3) is 0 Å². The van der Waals surface area contributed by atoms with E-state index >= 15 is 0 Å². The molecule has 2 aromatic carbocycles. The third-order valence-corrected chi connectivity index (χ3v) is 8.81. The molecule has 0 radical (unpaired) electrons. The van der Waals surface area contributed by atoms with Crippen molar-refractivity contribution in [3.8, 4) is 16.9 Å². The van der Waals surface area contributed by atoms with Crippen molar-refractivity contribution in [1.29, 1.82) is 0 Å². The molecule has 18 N–H and O–H groups in total. The van der Waals surface area contributed by atoms with Gasteiger partial charge in [-0.3, -0.25) is 19.2 Å². The summed E-state index contributed by atoms with van der Waals surface area (Å²) in [6.07, 6.45) is -0.603. The first kappa shape index (κ1) is 42.2. The molecule has 288 valence electrons. The molecule has 52 heavy (non-hydrogen) atoms. The van der Waals surface area contributed by atoms with Gasteiger partial charge in [0.2, 0.25) is 23.6 Å². The quantitative estimate of drug-likeness (QED) is 0.0695. The standard InChI is InChI=1S/C35H56N10O7/c36-16-25(46)15-30-35(52)45-29(34(51)42-10-8-24(38)18-41-9-2-5-27(39)32(49)43-19-26(47)17-37)12-20-3-1-4-21(11-20)22-6-7-31(48)23(13-22)14-28(40)33(50)44-30/h1,3-4,6-7,11,13,24-30,41,46-48H,2,5,8-10,12,14-19,36-40H2,(H,42,51)(H,43,49)(H,44,50)(H,45,52)/t24-,25+,26?,27-,28-,29-,30-/m0/s1. The summed E-state index contributed by atoms with van der Waals surface area (Å²) >= 11 is 0. The Morgan fingerprint density at radius 1 is 0.865 bits per heavy atom. The van der Waals surface area contributed by atoms with Gasteiger partial charge in [-0.1, -0.05) is 30.3 Å². The molecule has 4 amide bonds. The number of hydrogen-bond acceptors (Lipinski definition) is 13. The van der Waals surface area contributed by atoms with Crippen molar-refractivity contribution < 1.29 is 34.5 Å². The van der Waals surface area contributed by atoms with Gasteiger partial charge < -0.3 is 70.6 Å². The van der Waals surface area contributed by atoms with E-state index in [4.69, 9.17) is 28.7 Å². The molecule has 1 heterocycles. The van der Waals surface area contributed by atoms with Gasteiger partial charge in [0, 0.05) is 58.0 Å². The number of amides is 4. The molecule has 17 heteroatoms. The van der Waals surface area contributed by atoms with Crippen LogP contribution in [0.3, 0.4) is 0 Å². The molecule has 1 unspecified atom stereocenters. The number of carbonyl (C=O) groups excluding carboxylic acids is 4. The summed E-state index contributed by atoms with van der Waals surface area (Å²) in [5, 5.41) is 44.2. The fraction of sp³-hybridized carbons (Fsp3) is 0.543. The largest absolute Gasteiger partial charge is 0.508 e. The van der Waals surface area contributed by atoms with E-state index in [0.717, 1.165) is 16.7 Å². The van der Waals surface area contributed by atoms with Crippen LogP contribution in [0.15, 0.2) is 42.5 Å². The minimum absolute atomic E-state index is 0.0169. The molecule has 0 saturated heterocycles. The number of aliphatic hydroxyl groups excluding tert-OH is 2. The normalized spacial score (nSPS) is 20.2. The second-order valence-electron chi connectivity index (χ2n) is 13.2. The molecule has 2 aromatic rings. The van der Waals surface area contributed by atoms with Crippen LogP contribution in [0, 0.1) is 0 Å². The van der Waals surface area contributed by atoms with Gasteiger partial charge in [0.15, 0.2) is 0 Å². The lowest BCUT2D eigenvalue weighted by atomic mass is 9.96. The average Bonchev–Trinajstić information content (AvgIpc) is 3.13. The Labute approximate surface area is 303 Å². The van der Waals surface area contributed by atoms with Crippen LogP contribution in [0.2, 0.25) is 0 Å². The van der Waals surface area contributed by atoms with Crippen LogP contribution in [-0.2, 0) is 32.0 Å². The number of carbonyl (C=O) groups is 4. The maximum Gasteiger partial charge on any atom is 0.243 e. The highest BCUT2D eigenvalue weighted by atomic mass is 16.3. The number of aliphatic hydroxyl groups is 2. The Hall–Kier alpha value is -4.20. The van der Waals surface area contributed by atoms with Crippen molar-refractivity contribution in [2.75, 3.05) is 39.3 Å². The Bertz CT molecular complexity index is 1480. The van der Waals surface area contributed by atoms with Crippen LogP contribution >= 0.6 is 0 Å². The number of fused-ring (bicyclic) bond motifs is 5. The van der Waals surface area contributed by atoms with Crippen molar-refractivity contribution >= 4 is 23.6 Å². The maximum atomic E-state index is 13.6. The first-order valence-corrected chi connectivity index (χ1v) is 17.6. The van der Waals surface area contributed by atoms with Gasteiger partial charge in [-0.15, -0.1) is 0 Å². The Morgan fingerprint density at radius 3 is 2.33 bits per heavy atom. The third-order valence-electron chi connectivity index (χ3n) is 8.81. The van der Waals surface area contributed by atoms with Crippen LogP contribution < -0.4 is 55.3 Å². The van der Waals surface area contributed by atoms with Crippen LogP contribution in [-0.4, -0.2) is 121 Å². The molecule has 4 bridgehead atoms. The third kappa shape index (κ3) is 13.7.